The predicted molar refractivity (Wildman–Crippen MR) is 260 cm³/mol. The molecule has 0 spiro atoms. The number of allylic oxidation sites excluding steroid dienone is 10. The molecule has 2 aliphatic rings. The van der Waals surface area contributed by atoms with Gasteiger partial charge in [-0.1, -0.05) is 231 Å². The Labute approximate surface area is 355 Å². The van der Waals surface area contributed by atoms with Gasteiger partial charge in [-0.15, -0.1) is 0 Å². The molecule has 2 aliphatic carbocycles. The van der Waals surface area contributed by atoms with E-state index in [9.17, 15) is 0 Å². The van der Waals surface area contributed by atoms with Crippen molar-refractivity contribution in [2.75, 3.05) is 0 Å². The summed E-state index contributed by atoms with van der Waals surface area (Å²) < 4.78 is 0. The molecule has 0 aromatic heterocycles. The summed E-state index contributed by atoms with van der Waals surface area (Å²) in [6, 6.07) is 67.9. The highest BCUT2D eigenvalue weighted by atomic mass is 14.2. The molecule has 0 bridgehead atoms. The van der Waals surface area contributed by atoms with Crippen molar-refractivity contribution < 1.29 is 0 Å². The Balaban J connectivity index is 1.24. The van der Waals surface area contributed by atoms with Crippen molar-refractivity contribution in [3.05, 3.63) is 259 Å². The molecule has 7 aromatic rings. The molecule has 0 saturated carbocycles. The standard InChI is InChI=1S/C60H48/c1-44(25-26-45-15-6-2-7-16-45)57-24-14-23-49(53-29-27-50(28-30-53)46-17-8-3-9-18-46)39-41-58(55-37-35-52(36-38-55)48-21-12-5-13-22-48)59-42-40-56(43-60(57)59)54-33-31-51(32-34-54)47-19-10-4-11-20-47/h2-12,14-21,23-35,37,39-43H,1,13,22,36,38H2/b23-14?,24-14?,26-25-,41-39?,49-23?,49-39?,57-24?,58-41?,59-58?,60-57?. The van der Waals surface area contributed by atoms with Crippen molar-refractivity contribution in [1.82, 2.24) is 0 Å². The van der Waals surface area contributed by atoms with E-state index in [1.54, 1.807) is 0 Å². The van der Waals surface area contributed by atoms with Gasteiger partial charge in [0.2, 0.25) is 0 Å². The van der Waals surface area contributed by atoms with Gasteiger partial charge in [0.1, 0.15) is 0 Å². The zero-order valence-electron chi connectivity index (χ0n) is 34.0. The largest absolute Gasteiger partial charge is 0.0911 e. The first-order valence-electron chi connectivity index (χ1n) is 21.1. The smallest absolute Gasteiger partial charge is 0.00933 e. The zero-order valence-corrected chi connectivity index (χ0v) is 34.0. The van der Waals surface area contributed by atoms with Crippen LogP contribution in [0.4, 0.5) is 0 Å². The molecule has 0 radical (unpaired) electrons. The summed E-state index contributed by atoms with van der Waals surface area (Å²) in [5, 5.41) is 2.37. The van der Waals surface area contributed by atoms with Crippen molar-refractivity contribution in [3.8, 4) is 44.5 Å². The topological polar surface area (TPSA) is 0 Å². The molecule has 0 atom stereocenters. The van der Waals surface area contributed by atoms with E-state index in [0.29, 0.717) is 0 Å². The van der Waals surface area contributed by atoms with E-state index in [1.165, 1.54) is 66.6 Å². The number of hydrogen-bond donors (Lipinski definition) is 0. The molecule has 0 aliphatic heterocycles. The van der Waals surface area contributed by atoms with E-state index in [2.05, 4.69) is 231 Å². The minimum Gasteiger partial charge on any atom is -0.0911 e. The monoisotopic (exact) mass is 768 g/mol. The average molecular weight is 769 g/mol. The van der Waals surface area contributed by atoms with Crippen LogP contribution >= 0.6 is 0 Å². The van der Waals surface area contributed by atoms with E-state index >= 15 is 0 Å². The summed E-state index contributed by atoms with van der Waals surface area (Å²) in [5.41, 5.74) is 18.2. The van der Waals surface area contributed by atoms with Gasteiger partial charge in [0.15, 0.2) is 0 Å². The molecule has 9 rings (SSSR count). The Kier molecular flexibility index (Phi) is 11.5. The fourth-order valence-corrected chi connectivity index (χ4v) is 8.41. The highest BCUT2D eigenvalue weighted by Crippen LogP contribution is 2.38. The predicted octanol–water partition coefficient (Wildman–Crippen LogP) is 16.7. The molecular weight excluding hydrogens is 721 g/mol. The summed E-state index contributed by atoms with van der Waals surface area (Å²) in [6.45, 7) is 4.72. The van der Waals surface area contributed by atoms with Gasteiger partial charge in [0.25, 0.3) is 0 Å². The highest BCUT2D eigenvalue weighted by Gasteiger charge is 2.16. The molecule has 0 N–H and O–H groups in total. The minimum atomic E-state index is 0.955. The van der Waals surface area contributed by atoms with Crippen LogP contribution in [0.15, 0.2) is 242 Å². The van der Waals surface area contributed by atoms with Crippen molar-refractivity contribution in [2.45, 2.75) is 25.7 Å². The Bertz CT molecular complexity index is 2860. The van der Waals surface area contributed by atoms with Gasteiger partial charge in [-0.3, -0.25) is 0 Å². The third kappa shape index (κ3) is 8.75. The van der Waals surface area contributed by atoms with Crippen LogP contribution in [-0.2, 0) is 0 Å². The lowest BCUT2D eigenvalue weighted by Crippen LogP contribution is -1.99. The number of benzene rings is 6. The van der Waals surface area contributed by atoms with Crippen molar-refractivity contribution in [3.63, 3.8) is 0 Å². The number of rotatable bonds is 9. The lowest BCUT2D eigenvalue weighted by atomic mass is 9.85. The normalized spacial score (nSPS) is 13.6. The second-order valence-electron chi connectivity index (χ2n) is 15.6. The highest BCUT2D eigenvalue weighted by molar-refractivity contribution is 6.02. The van der Waals surface area contributed by atoms with E-state index in [4.69, 9.17) is 6.58 Å². The lowest BCUT2D eigenvalue weighted by molar-refractivity contribution is 0.905. The molecule has 0 amide bonds. The SMILES string of the molecule is C=C(/C=C\c1ccccc1)c1cccc(-c2ccc(-c3ccccc3)cc2)ccc(C2=CC=C(C3=CC=CCC3)CC2)c2ccc(-c3ccc(-c4ccccc4)cc3)cc12. The summed E-state index contributed by atoms with van der Waals surface area (Å²) in [4.78, 5) is 0. The molecule has 0 unspecified atom stereocenters. The fourth-order valence-electron chi connectivity index (χ4n) is 8.41. The van der Waals surface area contributed by atoms with Crippen LogP contribution in [-0.4, -0.2) is 0 Å². The number of hydrogen-bond acceptors (Lipinski definition) is 0. The molecule has 0 heterocycles. The second kappa shape index (κ2) is 18.1. The summed E-state index contributed by atoms with van der Waals surface area (Å²) in [6.07, 6.45) is 20.1. The van der Waals surface area contributed by atoms with Gasteiger partial charge in [0.05, 0.1) is 0 Å². The Hall–Kier alpha value is -7.28. The van der Waals surface area contributed by atoms with E-state index in [1.807, 2.05) is 0 Å². The molecule has 7 aromatic carbocycles. The second-order valence-corrected chi connectivity index (χ2v) is 15.6. The van der Waals surface area contributed by atoms with Gasteiger partial charge in [-0.05, 0) is 126 Å². The molecule has 0 fully saturated rings. The van der Waals surface area contributed by atoms with Crippen molar-refractivity contribution >= 4 is 28.0 Å². The van der Waals surface area contributed by atoms with Gasteiger partial charge < -0.3 is 0 Å². The molecule has 288 valence electrons. The molecule has 0 nitrogen and oxygen atoms in total. The van der Waals surface area contributed by atoms with Crippen LogP contribution < -0.4 is 0 Å². The van der Waals surface area contributed by atoms with Gasteiger partial charge >= 0.3 is 0 Å². The maximum atomic E-state index is 4.72. The summed E-state index contributed by atoms with van der Waals surface area (Å²) >= 11 is 0. The van der Waals surface area contributed by atoms with Gasteiger partial charge in [-0.25, -0.2) is 0 Å². The van der Waals surface area contributed by atoms with Crippen LogP contribution in [0.2, 0.25) is 0 Å². The quantitative estimate of drug-likeness (QED) is 0.128. The van der Waals surface area contributed by atoms with Crippen LogP contribution in [0.5, 0.6) is 0 Å². The van der Waals surface area contributed by atoms with Gasteiger partial charge in [-0.2, -0.15) is 0 Å². The Morgan fingerprint density at radius 3 is 1.47 bits per heavy atom. The minimum absolute atomic E-state index is 0.955. The van der Waals surface area contributed by atoms with Crippen molar-refractivity contribution in [1.29, 1.82) is 0 Å². The van der Waals surface area contributed by atoms with Crippen LogP contribution in [0.25, 0.3) is 72.5 Å². The third-order valence-electron chi connectivity index (χ3n) is 11.8. The first-order chi connectivity index (χ1) is 29.7. The van der Waals surface area contributed by atoms with Crippen LogP contribution in [0.1, 0.15) is 42.4 Å². The van der Waals surface area contributed by atoms with Crippen molar-refractivity contribution in [2.24, 2.45) is 0 Å². The fraction of sp³-hybridized carbons (Fsp3) is 0.0667. The van der Waals surface area contributed by atoms with Crippen LogP contribution in [0, 0.1) is 0 Å². The Morgan fingerprint density at radius 2 is 0.883 bits per heavy atom. The summed E-state index contributed by atoms with van der Waals surface area (Å²) in [7, 11) is 0. The zero-order chi connectivity index (χ0) is 40.5. The molecular formula is C60H48. The first kappa shape index (κ1) is 38.2. The average Bonchev–Trinajstić information content (AvgIpc) is 3.33. The van der Waals surface area contributed by atoms with E-state index < -0.39 is 0 Å². The maximum absolute atomic E-state index is 4.72. The first-order valence-corrected chi connectivity index (χ1v) is 21.1. The van der Waals surface area contributed by atoms with Crippen LogP contribution in [0.3, 0.4) is 0 Å². The molecule has 60 heavy (non-hydrogen) atoms. The molecule has 0 saturated heterocycles. The third-order valence-corrected chi connectivity index (χ3v) is 11.8. The van der Waals surface area contributed by atoms with E-state index in [0.717, 1.165) is 53.3 Å². The maximum Gasteiger partial charge on any atom is -0.00933 e. The lowest BCUT2D eigenvalue weighted by Gasteiger charge is -2.20. The Morgan fingerprint density at radius 1 is 0.400 bits per heavy atom. The number of fused-ring (bicyclic) bond motifs is 1. The van der Waals surface area contributed by atoms with E-state index in [-0.39, 0.29) is 0 Å². The molecule has 0 heteroatoms. The van der Waals surface area contributed by atoms with Gasteiger partial charge in [0, 0.05) is 0 Å². The summed E-state index contributed by atoms with van der Waals surface area (Å²) in [5.74, 6) is 0.